The van der Waals surface area contributed by atoms with Gasteiger partial charge in [-0.3, -0.25) is 4.63 Å². The summed E-state index contributed by atoms with van der Waals surface area (Å²) in [4.78, 5) is 0.269. The predicted octanol–water partition coefficient (Wildman–Crippen LogP) is 2.69. The van der Waals surface area contributed by atoms with Gasteiger partial charge in [0.25, 0.3) is 5.69 Å². The molecule has 1 aromatic heterocycles. The summed E-state index contributed by atoms with van der Waals surface area (Å²) in [7, 11) is 8.94. The van der Waals surface area contributed by atoms with Gasteiger partial charge in [0.2, 0.25) is 5.69 Å². The topological polar surface area (TPSA) is 108 Å². The molecule has 160 valence electrons. The molecule has 0 saturated carbocycles. The highest BCUT2D eigenvalue weighted by Crippen LogP contribution is 2.48. The number of methoxy groups -OCH3 is 6. The highest BCUT2D eigenvalue weighted by Gasteiger charge is 2.33. The Labute approximate surface area is 173 Å². The van der Waals surface area contributed by atoms with Crippen LogP contribution in [0.2, 0.25) is 0 Å². The van der Waals surface area contributed by atoms with E-state index in [2.05, 4.69) is 5.16 Å². The molecule has 10 nitrogen and oxygen atoms in total. The summed E-state index contributed by atoms with van der Waals surface area (Å²) >= 11 is 0. The molecule has 3 aromatic rings. The van der Waals surface area contributed by atoms with E-state index in [1.807, 2.05) is 0 Å². The van der Waals surface area contributed by atoms with Crippen molar-refractivity contribution in [2.75, 3.05) is 42.7 Å². The summed E-state index contributed by atoms with van der Waals surface area (Å²) in [5, 5.41) is 16.6. The zero-order valence-electron chi connectivity index (χ0n) is 17.5. The molecule has 0 aliphatic heterocycles. The lowest BCUT2D eigenvalue weighted by atomic mass is 10.0. The second-order valence-electron chi connectivity index (χ2n) is 5.94. The summed E-state index contributed by atoms with van der Waals surface area (Å²) in [6.45, 7) is 0. The summed E-state index contributed by atoms with van der Waals surface area (Å²) < 4.78 is 37.5. The van der Waals surface area contributed by atoms with Gasteiger partial charge in [-0.25, -0.2) is 0 Å². The first-order chi connectivity index (χ1) is 14.5. The van der Waals surface area contributed by atoms with E-state index in [1.165, 1.54) is 42.7 Å². The minimum Gasteiger partial charge on any atom is -0.496 e. The van der Waals surface area contributed by atoms with Gasteiger partial charge in [-0.05, 0) is 4.90 Å². The largest absolute Gasteiger partial charge is 0.496 e. The van der Waals surface area contributed by atoms with Gasteiger partial charge >= 0.3 is 0 Å². The van der Waals surface area contributed by atoms with Crippen molar-refractivity contribution in [3.8, 4) is 57.0 Å². The third-order valence-electron chi connectivity index (χ3n) is 4.52. The van der Waals surface area contributed by atoms with Crippen LogP contribution in [0.4, 0.5) is 0 Å². The van der Waals surface area contributed by atoms with Gasteiger partial charge in [-0.15, -0.1) is 0 Å². The van der Waals surface area contributed by atoms with Crippen molar-refractivity contribution < 1.29 is 38.0 Å². The van der Waals surface area contributed by atoms with Crippen molar-refractivity contribution in [1.82, 2.24) is 5.16 Å². The standard InChI is InChI=1S/C20H22N2O8/c1-24-11-7-13(26-3)17(14(8-11)27-4)19-20(22(23)30-21-19)18-15(28-5)9-12(25-2)10-16(18)29-6/h7-10H,1-6H3. The molecule has 0 amide bonds. The van der Waals surface area contributed by atoms with Crippen LogP contribution in [-0.2, 0) is 0 Å². The number of benzene rings is 2. The fourth-order valence-electron chi connectivity index (χ4n) is 3.10. The van der Waals surface area contributed by atoms with E-state index in [9.17, 15) is 5.21 Å². The number of hydrogen-bond donors (Lipinski definition) is 0. The highest BCUT2D eigenvalue weighted by atomic mass is 16.8. The third kappa shape index (κ3) is 3.47. The monoisotopic (exact) mass is 418 g/mol. The van der Waals surface area contributed by atoms with Crippen molar-refractivity contribution in [1.29, 1.82) is 0 Å². The maximum Gasteiger partial charge on any atom is 0.264 e. The normalized spacial score (nSPS) is 10.5. The molecule has 0 aliphatic rings. The van der Waals surface area contributed by atoms with Gasteiger partial charge < -0.3 is 33.6 Å². The SMILES string of the molecule is COc1cc(OC)c(-c2no[n+]([O-])c2-c2c(OC)cc(OC)cc2OC)c(OC)c1. The van der Waals surface area contributed by atoms with Crippen molar-refractivity contribution in [3.63, 3.8) is 0 Å². The van der Waals surface area contributed by atoms with E-state index in [-0.39, 0.29) is 16.3 Å². The molecule has 0 atom stereocenters. The highest BCUT2D eigenvalue weighted by molar-refractivity contribution is 5.88. The molecule has 0 aliphatic carbocycles. The van der Waals surface area contributed by atoms with E-state index in [1.54, 1.807) is 24.3 Å². The van der Waals surface area contributed by atoms with Crippen molar-refractivity contribution in [2.45, 2.75) is 0 Å². The molecule has 10 heteroatoms. The fourth-order valence-corrected chi connectivity index (χ4v) is 3.10. The van der Waals surface area contributed by atoms with Crippen LogP contribution < -0.4 is 33.3 Å². The number of rotatable bonds is 8. The Morgan fingerprint density at radius 2 is 1.07 bits per heavy atom. The lowest BCUT2D eigenvalue weighted by Gasteiger charge is -2.15. The Kier molecular flexibility index (Phi) is 6.05. The molecule has 2 aromatic carbocycles. The number of ether oxygens (including phenoxy) is 6. The van der Waals surface area contributed by atoms with Crippen LogP contribution in [0.15, 0.2) is 28.9 Å². The van der Waals surface area contributed by atoms with Gasteiger partial charge in [-0.2, -0.15) is 0 Å². The van der Waals surface area contributed by atoms with Crippen LogP contribution in [0.5, 0.6) is 34.5 Å². The molecule has 0 radical (unpaired) electrons. The smallest absolute Gasteiger partial charge is 0.264 e. The van der Waals surface area contributed by atoms with E-state index in [0.717, 1.165) is 0 Å². The molecule has 0 saturated heterocycles. The third-order valence-corrected chi connectivity index (χ3v) is 4.52. The number of aromatic nitrogens is 2. The van der Waals surface area contributed by atoms with Crippen molar-refractivity contribution in [2.24, 2.45) is 0 Å². The van der Waals surface area contributed by atoms with Gasteiger partial charge in [0, 0.05) is 29.4 Å². The predicted molar refractivity (Wildman–Crippen MR) is 106 cm³/mol. The van der Waals surface area contributed by atoms with Crippen LogP contribution in [0.1, 0.15) is 0 Å². The number of hydrogen-bond acceptors (Lipinski definition) is 9. The Balaban J connectivity index is 2.37. The molecular formula is C20H22N2O8. The Bertz CT molecular complexity index is 997. The molecule has 0 unspecified atom stereocenters. The molecule has 0 spiro atoms. The Morgan fingerprint density at radius 3 is 1.43 bits per heavy atom. The van der Waals surface area contributed by atoms with Gasteiger partial charge in [0.15, 0.2) is 0 Å². The average Bonchev–Trinajstić information content (AvgIpc) is 3.16. The van der Waals surface area contributed by atoms with Gasteiger partial charge in [0.05, 0.1) is 42.7 Å². The Hall–Kier alpha value is -3.82. The second-order valence-corrected chi connectivity index (χ2v) is 5.94. The maximum absolute atomic E-state index is 12.7. The van der Waals surface area contributed by atoms with Crippen molar-refractivity contribution >= 4 is 0 Å². The van der Waals surface area contributed by atoms with E-state index < -0.39 is 0 Å². The average molecular weight is 418 g/mol. The molecule has 3 rings (SSSR count). The first-order valence-corrected chi connectivity index (χ1v) is 8.73. The van der Waals surface area contributed by atoms with E-state index >= 15 is 0 Å². The summed E-state index contributed by atoms with van der Waals surface area (Å²) in [6.07, 6.45) is 0. The van der Waals surface area contributed by atoms with Gasteiger partial charge in [0.1, 0.15) is 45.6 Å². The van der Waals surface area contributed by atoms with E-state index in [0.29, 0.717) is 45.6 Å². The summed E-state index contributed by atoms with van der Waals surface area (Å²) in [5.74, 6) is 2.38. The molecule has 0 bridgehead atoms. The van der Waals surface area contributed by atoms with Crippen LogP contribution in [0.25, 0.3) is 22.5 Å². The minimum atomic E-state index is 0.0492. The molecular weight excluding hydrogens is 396 g/mol. The van der Waals surface area contributed by atoms with Crippen LogP contribution in [0, 0.1) is 5.21 Å². The van der Waals surface area contributed by atoms with Crippen LogP contribution in [0.3, 0.4) is 0 Å². The summed E-state index contributed by atoms with van der Waals surface area (Å²) in [5.41, 5.74) is 0.942. The van der Waals surface area contributed by atoms with Crippen LogP contribution in [-0.4, -0.2) is 47.8 Å². The maximum atomic E-state index is 12.7. The first kappa shape index (κ1) is 20.9. The van der Waals surface area contributed by atoms with Crippen LogP contribution >= 0.6 is 0 Å². The molecule has 0 fully saturated rings. The zero-order valence-corrected chi connectivity index (χ0v) is 17.5. The lowest BCUT2D eigenvalue weighted by molar-refractivity contribution is -0.793. The van der Waals surface area contributed by atoms with E-state index in [4.69, 9.17) is 33.1 Å². The number of nitrogens with zero attached hydrogens (tertiary/aromatic N) is 2. The van der Waals surface area contributed by atoms with Gasteiger partial charge in [-0.1, -0.05) is 0 Å². The lowest BCUT2D eigenvalue weighted by Crippen LogP contribution is -2.25. The van der Waals surface area contributed by atoms with Crippen molar-refractivity contribution in [3.05, 3.63) is 29.5 Å². The molecule has 0 N–H and O–H groups in total. The zero-order chi connectivity index (χ0) is 21.8. The first-order valence-electron chi connectivity index (χ1n) is 8.73. The quantitative estimate of drug-likeness (QED) is 0.510. The molecule has 1 heterocycles. The molecule has 30 heavy (non-hydrogen) atoms. The summed E-state index contributed by atoms with van der Waals surface area (Å²) in [6, 6.07) is 6.54. The minimum absolute atomic E-state index is 0.0492. The fraction of sp³-hybridized carbons (Fsp3) is 0.300. The second kappa shape index (κ2) is 8.68. The Morgan fingerprint density at radius 1 is 0.667 bits per heavy atom.